The van der Waals surface area contributed by atoms with E-state index in [1.165, 1.54) is 4.90 Å². The molecule has 0 radical (unpaired) electrons. The molecule has 0 aliphatic carbocycles. The summed E-state index contributed by atoms with van der Waals surface area (Å²) in [7, 11) is 3.19. The van der Waals surface area contributed by atoms with Crippen molar-refractivity contribution < 1.29 is 17.9 Å². The van der Waals surface area contributed by atoms with Crippen molar-refractivity contribution in [2.24, 2.45) is 0 Å². The van der Waals surface area contributed by atoms with Gasteiger partial charge in [0.1, 0.15) is 5.60 Å². The van der Waals surface area contributed by atoms with E-state index in [0.29, 0.717) is 0 Å². The summed E-state index contributed by atoms with van der Waals surface area (Å²) in [5.74, 6) is -0.186. The molecule has 108 valence electrons. The summed E-state index contributed by atoms with van der Waals surface area (Å²) in [6.45, 7) is 8.84. The molecule has 0 heterocycles. The molecule has 0 aromatic heterocycles. The minimum absolute atomic E-state index is 0.186. The standard InChI is InChI=1S/C11H22ClNO4S/c1-10(2,3)17-9(14)13(6)11(4,5)7-8-18(12,15)16/h7-8H2,1-6H3. The quantitative estimate of drug-likeness (QED) is 0.749. The van der Waals surface area contributed by atoms with Gasteiger partial charge in [0.25, 0.3) is 0 Å². The molecular formula is C11H22ClNO4S. The average molecular weight is 300 g/mol. The number of hydrogen-bond acceptors (Lipinski definition) is 4. The first kappa shape index (κ1) is 17.5. The highest BCUT2D eigenvalue weighted by molar-refractivity contribution is 8.13. The number of hydrogen-bond donors (Lipinski definition) is 0. The predicted octanol–water partition coefficient (Wildman–Crippen LogP) is 2.59. The van der Waals surface area contributed by atoms with E-state index in [1.807, 2.05) is 0 Å². The number of ether oxygens (including phenoxy) is 1. The van der Waals surface area contributed by atoms with Gasteiger partial charge in [0.2, 0.25) is 9.05 Å². The van der Waals surface area contributed by atoms with Crippen LogP contribution in [0.1, 0.15) is 41.0 Å². The van der Waals surface area contributed by atoms with Crippen molar-refractivity contribution in [3.8, 4) is 0 Å². The van der Waals surface area contributed by atoms with Gasteiger partial charge in [-0.2, -0.15) is 0 Å². The van der Waals surface area contributed by atoms with Crippen LogP contribution >= 0.6 is 10.7 Å². The second-order valence-electron chi connectivity index (χ2n) is 5.84. The Morgan fingerprint density at radius 2 is 1.67 bits per heavy atom. The molecule has 0 aromatic rings. The zero-order chi connectivity index (χ0) is 14.8. The van der Waals surface area contributed by atoms with Crippen LogP contribution < -0.4 is 0 Å². The van der Waals surface area contributed by atoms with E-state index in [9.17, 15) is 13.2 Å². The van der Waals surface area contributed by atoms with Gasteiger partial charge in [-0.05, 0) is 41.0 Å². The van der Waals surface area contributed by atoms with Crippen molar-refractivity contribution in [3.63, 3.8) is 0 Å². The van der Waals surface area contributed by atoms with Gasteiger partial charge in [0.05, 0.1) is 5.75 Å². The number of nitrogens with zero attached hydrogens (tertiary/aromatic N) is 1. The van der Waals surface area contributed by atoms with Crippen LogP contribution in [0.3, 0.4) is 0 Å². The SMILES string of the molecule is CN(C(=O)OC(C)(C)C)C(C)(C)CCS(=O)(=O)Cl. The zero-order valence-corrected chi connectivity index (χ0v) is 13.4. The number of amides is 1. The third-order valence-corrected chi connectivity index (χ3v) is 3.69. The average Bonchev–Trinajstić information content (AvgIpc) is 2.10. The van der Waals surface area contributed by atoms with Gasteiger partial charge in [-0.3, -0.25) is 0 Å². The smallest absolute Gasteiger partial charge is 0.410 e. The lowest BCUT2D eigenvalue weighted by molar-refractivity contribution is 0.0107. The highest BCUT2D eigenvalue weighted by Crippen LogP contribution is 2.21. The molecule has 7 heteroatoms. The Labute approximate surface area is 114 Å². The largest absolute Gasteiger partial charge is 0.444 e. The molecule has 0 aromatic carbocycles. The van der Waals surface area contributed by atoms with Crippen LogP contribution in [0.2, 0.25) is 0 Å². The van der Waals surface area contributed by atoms with Crippen LogP contribution in [-0.4, -0.2) is 43.4 Å². The van der Waals surface area contributed by atoms with Gasteiger partial charge < -0.3 is 9.64 Å². The van der Waals surface area contributed by atoms with E-state index in [1.54, 1.807) is 41.7 Å². The van der Waals surface area contributed by atoms with E-state index < -0.39 is 26.3 Å². The molecule has 0 spiro atoms. The topological polar surface area (TPSA) is 63.7 Å². The summed E-state index contributed by atoms with van der Waals surface area (Å²) < 4.78 is 27.1. The third-order valence-electron chi connectivity index (χ3n) is 2.53. The van der Waals surface area contributed by atoms with E-state index in [0.717, 1.165) is 0 Å². The fourth-order valence-corrected chi connectivity index (χ4v) is 2.09. The normalized spacial score (nSPS) is 13.3. The molecule has 5 nitrogen and oxygen atoms in total. The van der Waals surface area contributed by atoms with E-state index in [2.05, 4.69) is 0 Å². The summed E-state index contributed by atoms with van der Waals surface area (Å²) in [5, 5.41) is 0. The summed E-state index contributed by atoms with van der Waals surface area (Å²) in [6.07, 6.45) is -0.242. The molecule has 0 aliphatic heterocycles. The first-order chi connectivity index (χ1) is 7.75. The van der Waals surface area contributed by atoms with Crippen LogP contribution in [0, 0.1) is 0 Å². The molecule has 18 heavy (non-hydrogen) atoms. The van der Waals surface area contributed by atoms with Crippen molar-refractivity contribution >= 4 is 25.8 Å². The summed E-state index contributed by atoms with van der Waals surface area (Å²) in [6, 6.07) is 0. The molecular weight excluding hydrogens is 278 g/mol. The second kappa shape index (κ2) is 5.65. The minimum Gasteiger partial charge on any atom is -0.444 e. The van der Waals surface area contributed by atoms with Crippen molar-refractivity contribution in [1.29, 1.82) is 0 Å². The van der Waals surface area contributed by atoms with Gasteiger partial charge in [-0.1, -0.05) is 0 Å². The summed E-state index contributed by atoms with van der Waals surface area (Å²) >= 11 is 0. The van der Waals surface area contributed by atoms with Crippen LogP contribution in [0.5, 0.6) is 0 Å². The summed E-state index contributed by atoms with van der Waals surface area (Å²) in [4.78, 5) is 13.2. The lowest BCUT2D eigenvalue weighted by Crippen LogP contribution is -2.47. The molecule has 0 atom stereocenters. The van der Waals surface area contributed by atoms with Gasteiger partial charge in [0, 0.05) is 23.3 Å². The van der Waals surface area contributed by atoms with Gasteiger partial charge in [0.15, 0.2) is 0 Å². The minimum atomic E-state index is -3.56. The van der Waals surface area contributed by atoms with Crippen molar-refractivity contribution in [1.82, 2.24) is 4.90 Å². The third kappa shape index (κ3) is 7.06. The Kier molecular flexibility index (Phi) is 5.50. The first-order valence-corrected chi connectivity index (χ1v) is 8.12. The highest BCUT2D eigenvalue weighted by atomic mass is 35.7. The molecule has 0 unspecified atom stereocenters. The van der Waals surface area contributed by atoms with Crippen LogP contribution in [0.15, 0.2) is 0 Å². The predicted molar refractivity (Wildman–Crippen MR) is 72.3 cm³/mol. The summed E-state index contributed by atoms with van der Waals surface area (Å²) in [5.41, 5.74) is -1.23. The molecule has 0 fully saturated rings. The Bertz CT molecular complexity index is 398. The second-order valence-corrected chi connectivity index (χ2v) is 8.74. The van der Waals surface area contributed by atoms with Gasteiger partial charge in [-0.15, -0.1) is 0 Å². The van der Waals surface area contributed by atoms with Crippen molar-refractivity contribution in [3.05, 3.63) is 0 Å². The molecule has 0 aliphatic rings. The Balaban J connectivity index is 4.65. The maximum atomic E-state index is 11.9. The fourth-order valence-electron chi connectivity index (χ4n) is 1.12. The van der Waals surface area contributed by atoms with Crippen LogP contribution in [-0.2, 0) is 13.8 Å². The lowest BCUT2D eigenvalue weighted by Gasteiger charge is -2.36. The van der Waals surface area contributed by atoms with Crippen LogP contribution in [0.4, 0.5) is 4.79 Å². The number of carbonyl (C=O) groups excluding carboxylic acids is 1. The maximum Gasteiger partial charge on any atom is 0.410 e. The van der Waals surface area contributed by atoms with Gasteiger partial charge >= 0.3 is 6.09 Å². The van der Waals surface area contributed by atoms with E-state index >= 15 is 0 Å². The number of rotatable bonds is 4. The Morgan fingerprint density at radius 3 is 2.00 bits per heavy atom. The molecule has 0 saturated heterocycles. The van der Waals surface area contributed by atoms with Gasteiger partial charge in [-0.25, -0.2) is 13.2 Å². The van der Waals surface area contributed by atoms with Crippen molar-refractivity contribution in [2.75, 3.05) is 12.8 Å². The molecule has 0 rings (SSSR count). The van der Waals surface area contributed by atoms with Crippen LogP contribution in [0.25, 0.3) is 0 Å². The Hall–Kier alpha value is -0.490. The Morgan fingerprint density at radius 1 is 1.22 bits per heavy atom. The number of carbonyl (C=O) groups is 1. The maximum absolute atomic E-state index is 11.9. The highest BCUT2D eigenvalue weighted by Gasteiger charge is 2.31. The lowest BCUT2D eigenvalue weighted by atomic mass is 10.0. The van der Waals surface area contributed by atoms with E-state index in [-0.39, 0.29) is 12.2 Å². The molecule has 0 N–H and O–H groups in total. The first-order valence-electron chi connectivity index (χ1n) is 5.64. The zero-order valence-electron chi connectivity index (χ0n) is 11.8. The fraction of sp³-hybridized carbons (Fsp3) is 0.909. The van der Waals surface area contributed by atoms with Crippen molar-refractivity contribution in [2.45, 2.75) is 52.2 Å². The molecule has 0 saturated carbocycles. The molecule has 1 amide bonds. The monoisotopic (exact) mass is 299 g/mol. The molecule has 0 bridgehead atoms. The van der Waals surface area contributed by atoms with E-state index in [4.69, 9.17) is 15.4 Å². The number of halogens is 1.